The van der Waals surface area contributed by atoms with Crippen molar-refractivity contribution in [1.82, 2.24) is 10.2 Å². The zero-order valence-electron chi connectivity index (χ0n) is 15.1. The Morgan fingerprint density at radius 2 is 1.77 bits per heavy atom. The molecule has 1 aromatic heterocycles. The van der Waals surface area contributed by atoms with Gasteiger partial charge in [-0.25, -0.2) is 0 Å². The maximum absolute atomic E-state index is 7.42. The van der Waals surface area contributed by atoms with Crippen molar-refractivity contribution in [3.63, 3.8) is 0 Å². The van der Waals surface area contributed by atoms with Gasteiger partial charge in [-0.2, -0.15) is 5.01 Å². The summed E-state index contributed by atoms with van der Waals surface area (Å²) in [6.07, 6.45) is 1.56. The summed E-state index contributed by atoms with van der Waals surface area (Å²) in [5.74, 6) is 2.02. The molecule has 3 rings (SSSR count). The van der Waals surface area contributed by atoms with E-state index in [1.807, 2.05) is 17.1 Å². The Kier molecular flexibility index (Phi) is 6.76. The Morgan fingerprint density at radius 1 is 1.08 bits per heavy atom. The Bertz CT molecular complexity index is 719. The van der Waals surface area contributed by atoms with E-state index in [1.165, 1.54) is 0 Å². The van der Waals surface area contributed by atoms with Crippen LogP contribution in [0, 0.1) is 0 Å². The van der Waals surface area contributed by atoms with Crippen molar-refractivity contribution >= 4 is 18.3 Å². The smallest absolute Gasteiger partial charge is 0.256 e. The zero-order valence-corrected chi connectivity index (χ0v) is 15.9. The highest BCUT2D eigenvalue weighted by atomic mass is 35.5. The van der Waals surface area contributed by atoms with Crippen LogP contribution in [-0.4, -0.2) is 57.7 Å². The molecule has 1 aromatic carbocycles. The van der Waals surface area contributed by atoms with Crippen molar-refractivity contribution in [2.24, 2.45) is 0 Å². The standard InChI is InChI=1S/C16H23N5O4.ClH/c1-22-13-5-4-12(15(23-2)16(13)24-3)10-19-6-8-20(9-7-19)21-11-14(17)25-18-21;/h4-5,11,17H,6-10H2,1-3H3;1H. The molecule has 1 fully saturated rings. The number of rotatable bonds is 6. The van der Waals surface area contributed by atoms with Gasteiger partial charge in [-0.3, -0.25) is 4.90 Å². The summed E-state index contributed by atoms with van der Waals surface area (Å²) in [7, 11) is 4.86. The Balaban J connectivity index is 0.00000243. The van der Waals surface area contributed by atoms with Gasteiger partial charge in [0.1, 0.15) is 5.88 Å². The molecule has 0 unspecified atom stereocenters. The predicted molar refractivity (Wildman–Crippen MR) is 97.3 cm³/mol. The second-order valence-electron chi connectivity index (χ2n) is 5.71. The number of benzene rings is 1. The number of piperazine rings is 1. The third-order valence-electron chi connectivity index (χ3n) is 4.27. The number of nitrogens with zero attached hydrogens (tertiary/aromatic N) is 4. The van der Waals surface area contributed by atoms with Gasteiger partial charge in [0.2, 0.25) is 11.0 Å². The van der Waals surface area contributed by atoms with Crippen LogP contribution >= 0.6 is 12.4 Å². The molecule has 144 valence electrons. The molecule has 26 heavy (non-hydrogen) atoms. The molecular weight excluding hydrogens is 362 g/mol. The van der Waals surface area contributed by atoms with Gasteiger partial charge in [-0.1, -0.05) is 6.07 Å². The monoisotopic (exact) mass is 385 g/mol. The molecule has 0 atom stereocenters. The molecule has 0 aliphatic carbocycles. The van der Waals surface area contributed by atoms with E-state index in [-0.39, 0.29) is 18.3 Å². The first-order valence-electron chi connectivity index (χ1n) is 8.02. The van der Waals surface area contributed by atoms with Crippen LogP contribution in [-0.2, 0) is 6.54 Å². The number of nitrogens with one attached hydrogen (secondary N) is 1. The van der Waals surface area contributed by atoms with Crippen molar-refractivity contribution in [2.45, 2.75) is 6.54 Å². The Morgan fingerprint density at radius 3 is 2.31 bits per heavy atom. The van der Waals surface area contributed by atoms with Crippen molar-refractivity contribution in [1.29, 1.82) is 0 Å². The van der Waals surface area contributed by atoms with E-state index in [2.05, 4.69) is 10.2 Å². The fourth-order valence-corrected chi connectivity index (χ4v) is 3.00. The molecule has 2 heterocycles. The number of hydrogen-bond acceptors (Lipinski definition) is 7. The lowest BCUT2D eigenvalue weighted by Gasteiger charge is -2.30. The van der Waals surface area contributed by atoms with E-state index in [9.17, 15) is 0 Å². The maximum atomic E-state index is 7.42. The summed E-state index contributed by atoms with van der Waals surface area (Å²) in [5.41, 5.74) is 8.47. The highest BCUT2D eigenvalue weighted by Gasteiger charge is 2.26. The summed E-state index contributed by atoms with van der Waals surface area (Å²) in [6.45, 7) is 4.08. The highest BCUT2D eigenvalue weighted by Crippen LogP contribution is 2.40. The molecular formula is C16H24ClN5O4. The molecule has 0 spiro atoms. The molecule has 0 bridgehead atoms. The zero-order chi connectivity index (χ0) is 17.8. The lowest BCUT2D eigenvalue weighted by atomic mass is 10.1. The van der Waals surface area contributed by atoms with Crippen LogP contribution in [0.25, 0.3) is 5.73 Å². The molecule has 2 aromatic rings. The van der Waals surface area contributed by atoms with Gasteiger partial charge in [0.05, 0.1) is 39.2 Å². The lowest BCUT2D eigenvalue weighted by molar-refractivity contribution is -0.759. The van der Waals surface area contributed by atoms with E-state index in [0.29, 0.717) is 17.2 Å². The molecule has 1 saturated heterocycles. The number of halogens is 1. The molecule has 0 saturated carbocycles. The Labute approximate surface area is 158 Å². The summed E-state index contributed by atoms with van der Waals surface area (Å²) < 4.78 is 21.1. The van der Waals surface area contributed by atoms with Gasteiger partial charge < -0.3 is 24.5 Å². The van der Waals surface area contributed by atoms with Crippen LogP contribution in [0.15, 0.2) is 22.9 Å². The minimum Gasteiger partial charge on any atom is -0.660 e. The van der Waals surface area contributed by atoms with E-state index in [4.69, 9.17) is 24.5 Å². The van der Waals surface area contributed by atoms with Crippen molar-refractivity contribution in [3.8, 4) is 17.2 Å². The van der Waals surface area contributed by atoms with E-state index >= 15 is 0 Å². The second kappa shape index (κ2) is 8.81. The summed E-state index contributed by atoms with van der Waals surface area (Å²) >= 11 is 0. The predicted octanol–water partition coefficient (Wildman–Crippen LogP) is 1.55. The number of methoxy groups -OCH3 is 3. The summed E-state index contributed by atoms with van der Waals surface area (Å²) in [6, 6.07) is 3.90. The van der Waals surface area contributed by atoms with Gasteiger partial charge in [-0.05, 0) is 6.07 Å². The first kappa shape index (κ1) is 19.9. The number of aromatic nitrogens is 2. The topological polar surface area (TPSA) is 87.9 Å². The van der Waals surface area contributed by atoms with Crippen LogP contribution in [0.5, 0.6) is 17.2 Å². The fourth-order valence-electron chi connectivity index (χ4n) is 3.00. The molecule has 1 N–H and O–H groups in total. The lowest BCUT2D eigenvalue weighted by Crippen LogP contribution is -2.65. The normalized spacial score (nSPS) is 14.7. The second-order valence-corrected chi connectivity index (χ2v) is 5.71. The van der Waals surface area contributed by atoms with E-state index in [0.717, 1.165) is 38.3 Å². The van der Waals surface area contributed by atoms with Gasteiger partial charge in [-0.15, -0.1) is 12.4 Å². The average molecular weight is 386 g/mol. The van der Waals surface area contributed by atoms with Crippen LogP contribution < -0.4 is 24.0 Å². The number of ether oxygens (including phenoxy) is 3. The Hall–Kier alpha value is -2.39. The number of hydrogen-bond donors (Lipinski definition) is 0. The van der Waals surface area contributed by atoms with Crippen LogP contribution in [0.1, 0.15) is 5.56 Å². The van der Waals surface area contributed by atoms with E-state index < -0.39 is 0 Å². The first-order chi connectivity index (χ1) is 12.2. The average Bonchev–Trinajstić information content (AvgIpc) is 3.08. The summed E-state index contributed by atoms with van der Waals surface area (Å²) in [5, 5.41) is 5.87. The molecule has 10 heteroatoms. The third kappa shape index (κ3) is 4.05. The van der Waals surface area contributed by atoms with Gasteiger partial charge >= 0.3 is 0 Å². The van der Waals surface area contributed by atoms with Crippen molar-refractivity contribution in [3.05, 3.63) is 29.6 Å². The minimum atomic E-state index is 0. The largest absolute Gasteiger partial charge is 0.660 e. The highest BCUT2D eigenvalue weighted by molar-refractivity contribution is 5.85. The minimum absolute atomic E-state index is 0. The SMILES string of the molecule is COc1ccc(CN2CCN([n+]3cc([NH-])on3)CC2)c(OC)c1OC.Cl. The van der Waals surface area contributed by atoms with Gasteiger partial charge in [0.25, 0.3) is 6.20 Å². The third-order valence-corrected chi connectivity index (χ3v) is 4.27. The first-order valence-corrected chi connectivity index (χ1v) is 8.02. The molecule has 0 amide bonds. The van der Waals surface area contributed by atoms with Gasteiger partial charge in [0, 0.05) is 25.2 Å². The fraction of sp³-hybridized carbons (Fsp3) is 0.500. The van der Waals surface area contributed by atoms with Crippen LogP contribution in [0.4, 0.5) is 5.88 Å². The molecule has 9 nitrogen and oxygen atoms in total. The van der Waals surface area contributed by atoms with Crippen LogP contribution in [0.2, 0.25) is 0 Å². The van der Waals surface area contributed by atoms with Gasteiger partial charge in [0.15, 0.2) is 11.5 Å². The van der Waals surface area contributed by atoms with E-state index in [1.54, 1.807) is 32.3 Å². The molecule has 1 aliphatic rings. The quantitative estimate of drug-likeness (QED) is 0.697. The molecule has 0 radical (unpaired) electrons. The van der Waals surface area contributed by atoms with Crippen molar-refractivity contribution in [2.75, 3.05) is 52.5 Å². The molecule has 1 aliphatic heterocycles. The van der Waals surface area contributed by atoms with Crippen molar-refractivity contribution < 1.29 is 23.5 Å². The summed E-state index contributed by atoms with van der Waals surface area (Å²) in [4.78, 5) is 3.93. The van der Waals surface area contributed by atoms with Crippen LogP contribution in [0.3, 0.4) is 0 Å². The maximum Gasteiger partial charge on any atom is 0.256 e.